The predicted molar refractivity (Wildman–Crippen MR) is 58.0 cm³/mol. The summed E-state index contributed by atoms with van der Waals surface area (Å²) in [7, 11) is -2.33. The maximum atomic E-state index is 11.4. The summed E-state index contributed by atoms with van der Waals surface area (Å²) in [5, 5.41) is 5.11. The van der Waals surface area contributed by atoms with Crippen molar-refractivity contribution in [2.75, 3.05) is 7.11 Å². The van der Waals surface area contributed by atoms with Crippen molar-refractivity contribution in [3.05, 3.63) is 18.2 Å². The molecule has 6 heteroatoms. The van der Waals surface area contributed by atoms with Crippen LogP contribution in [0.25, 0.3) is 0 Å². The SMILES string of the molecule is COc1ccc(OC2CC2)c(S(N)(=O)=O)c1. The molecule has 0 atom stereocenters. The van der Waals surface area contributed by atoms with E-state index in [1.807, 2.05) is 0 Å². The van der Waals surface area contributed by atoms with E-state index in [9.17, 15) is 8.42 Å². The second-order valence-electron chi connectivity index (χ2n) is 3.67. The Balaban J connectivity index is 2.42. The summed E-state index contributed by atoms with van der Waals surface area (Å²) in [6.07, 6.45) is 2.03. The number of ether oxygens (including phenoxy) is 2. The number of hydrogen-bond donors (Lipinski definition) is 1. The van der Waals surface area contributed by atoms with Crippen molar-refractivity contribution in [1.29, 1.82) is 0 Å². The molecular formula is C10H13NO4S. The van der Waals surface area contributed by atoms with Gasteiger partial charge in [0.1, 0.15) is 16.4 Å². The highest BCUT2D eigenvalue weighted by molar-refractivity contribution is 7.89. The number of methoxy groups -OCH3 is 1. The summed E-state index contributed by atoms with van der Waals surface area (Å²) in [5.74, 6) is 0.734. The van der Waals surface area contributed by atoms with Crippen molar-refractivity contribution in [3.63, 3.8) is 0 Å². The fourth-order valence-electron chi connectivity index (χ4n) is 1.30. The summed E-state index contributed by atoms with van der Waals surface area (Å²) < 4.78 is 33.1. The molecule has 0 aliphatic heterocycles. The molecule has 1 aliphatic carbocycles. The summed E-state index contributed by atoms with van der Waals surface area (Å²) >= 11 is 0. The van der Waals surface area contributed by atoms with Crippen LogP contribution in [0, 0.1) is 0 Å². The van der Waals surface area contributed by atoms with Gasteiger partial charge in [-0.25, -0.2) is 13.6 Å². The number of nitrogens with two attached hydrogens (primary N) is 1. The van der Waals surface area contributed by atoms with Crippen molar-refractivity contribution in [2.45, 2.75) is 23.8 Å². The zero-order chi connectivity index (χ0) is 11.8. The van der Waals surface area contributed by atoms with Gasteiger partial charge in [-0.3, -0.25) is 0 Å². The maximum Gasteiger partial charge on any atom is 0.241 e. The third kappa shape index (κ3) is 2.45. The lowest BCUT2D eigenvalue weighted by atomic mass is 10.3. The first-order valence-corrected chi connectivity index (χ1v) is 6.43. The van der Waals surface area contributed by atoms with E-state index in [4.69, 9.17) is 14.6 Å². The van der Waals surface area contributed by atoms with Crippen LogP contribution in [0.2, 0.25) is 0 Å². The highest BCUT2D eigenvalue weighted by Gasteiger charge is 2.26. The van der Waals surface area contributed by atoms with Crippen LogP contribution in [0.4, 0.5) is 0 Å². The average molecular weight is 243 g/mol. The largest absolute Gasteiger partial charge is 0.497 e. The van der Waals surface area contributed by atoms with Gasteiger partial charge in [0.25, 0.3) is 0 Å². The Hall–Kier alpha value is -1.27. The van der Waals surface area contributed by atoms with Crippen molar-refractivity contribution in [2.24, 2.45) is 5.14 Å². The van der Waals surface area contributed by atoms with Gasteiger partial charge >= 0.3 is 0 Å². The molecule has 1 saturated carbocycles. The van der Waals surface area contributed by atoms with E-state index >= 15 is 0 Å². The third-order valence-corrected chi connectivity index (χ3v) is 3.21. The summed E-state index contributed by atoms with van der Waals surface area (Å²) in [5.41, 5.74) is 0. The van der Waals surface area contributed by atoms with Gasteiger partial charge in [0.2, 0.25) is 10.0 Å². The van der Waals surface area contributed by atoms with Crippen LogP contribution in [0.1, 0.15) is 12.8 Å². The van der Waals surface area contributed by atoms with E-state index in [0.717, 1.165) is 12.8 Å². The first-order valence-electron chi connectivity index (χ1n) is 4.88. The minimum atomic E-state index is -3.79. The molecule has 0 bridgehead atoms. The lowest BCUT2D eigenvalue weighted by Gasteiger charge is -2.10. The first-order chi connectivity index (χ1) is 7.50. The second-order valence-corrected chi connectivity index (χ2v) is 5.20. The minimum Gasteiger partial charge on any atom is -0.497 e. The third-order valence-electron chi connectivity index (χ3n) is 2.28. The first kappa shape index (κ1) is 11.2. The van der Waals surface area contributed by atoms with Crippen LogP contribution in [-0.4, -0.2) is 21.6 Å². The maximum absolute atomic E-state index is 11.4. The number of primary sulfonamides is 1. The quantitative estimate of drug-likeness (QED) is 0.851. The Morgan fingerprint density at radius 1 is 1.38 bits per heavy atom. The molecule has 0 spiro atoms. The Kier molecular flexibility index (Phi) is 2.77. The monoisotopic (exact) mass is 243 g/mol. The summed E-state index contributed by atoms with van der Waals surface area (Å²) in [6.45, 7) is 0. The summed E-state index contributed by atoms with van der Waals surface area (Å²) in [6, 6.07) is 4.58. The molecule has 0 aromatic heterocycles. The molecule has 5 nitrogen and oxygen atoms in total. The molecule has 2 rings (SSSR count). The van der Waals surface area contributed by atoms with Crippen LogP contribution >= 0.6 is 0 Å². The lowest BCUT2D eigenvalue weighted by Crippen LogP contribution is -2.14. The fraction of sp³-hybridized carbons (Fsp3) is 0.400. The zero-order valence-corrected chi connectivity index (χ0v) is 9.66. The second kappa shape index (κ2) is 3.95. The Morgan fingerprint density at radius 2 is 2.06 bits per heavy atom. The fourth-order valence-corrected chi connectivity index (χ4v) is 1.98. The molecule has 0 saturated heterocycles. The zero-order valence-electron chi connectivity index (χ0n) is 8.84. The average Bonchev–Trinajstić information content (AvgIpc) is 3.01. The van der Waals surface area contributed by atoms with Gasteiger partial charge in [0, 0.05) is 6.07 Å². The topological polar surface area (TPSA) is 78.6 Å². The van der Waals surface area contributed by atoms with Gasteiger partial charge < -0.3 is 9.47 Å². The Morgan fingerprint density at radius 3 is 2.56 bits per heavy atom. The minimum absolute atomic E-state index is 0.0289. The van der Waals surface area contributed by atoms with Gasteiger partial charge in [0.15, 0.2) is 0 Å². The van der Waals surface area contributed by atoms with Gasteiger partial charge in [-0.1, -0.05) is 0 Å². The van der Waals surface area contributed by atoms with Gasteiger partial charge in [-0.2, -0.15) is 0 Å². The molecule has 0 radical (unpaired) electrons. The molecular weight excluding hydrogens is 230 g/mol. The molecule has 1 aromatic carbocycles. The molecule has 16 heavy (non-hydrogen) atoms. The van der Waals surface area contributed by atoms with Crippen molar-refractivity contribution >= 4 is 10.0 Å². The van der Waals surface area contributed by atoms with Crippen LogP contribution < -0.4 is 14.6 Å². The summed E-state index contributed by atoms with van der Waals surface area (Å²) in [4.78, 5) is -0.0289. The Bertz CT molecular complexity index is 494. The Labute approximate surface area is 94.2 Å². The van der Waals surface area contributed by atoms with Crippen LogP contribution in [-0.2, 0) is 10.0 Å². The van der Waals surface area contributed by atoms with Crippen LogP contribution in [0.3, 0.4) is 0 Å². The number of sulfonamides is 1. The number of benzene rings is 1. The molecule has 0 amide bonds. The van der Waals surface area contributed by atoms with Gasteiger partial charge in [0.05, 0.1) is 13.2 Å². The lowest BCUT2D eigenvalue weighted by molar-refractivity contribution is 0.294. The highest BCUT2D eigenvalue weighted by Crippen LogP contribution is 2.33. The highest BCUT2D eigenvalue weighted by atomic mass is 32.2. The van der Waals surface area contributed by atoms with E-state index in [-0.39, 0.29) is 11.0 Å². The molecule has 0 unspecified atom stereocenters. The van der Waals surface area contributed by atoms with Crippen LogP contribution in [0.5, 0.6) is 11.5 Å². The van der Waals surface area contributed by atoms with Crippen LogP contribution in [0.15, 0.2) is 23.1 Å². The van der Waals surface area contributed by atoms with Gasteiger partial charge in [-0.15, -0.1) is 0 Å². The normalized spacial score (nSPS) is 15.9. The molecule has 1 aliphatic rings. The molecule has 88 valence electrons. The van der Waals surface area contributed by atoms with Crippen molar-refractivity contribution < 1.29 is 17.9 Å². The van der Waals surface area contributed by atoms with E-state index in [1.165, 1.54) is 13.2 Å². The van der Waals surface area contributed by atoms with Gasteiger partial charge in [-0.05, 0) is 25.0 Å². The molecule has 2 N–H and O–H groups in total. The van der Waals surface area contributed by atoms with Crippen molar-refractivity contribution in [3.8, 4) is 11.5 Å². The van der Waals surface area contributed by atoms with E-state index in [0.29, 0.717) is 11.5 Å². The van der Waals surface area contributed by atoms with Crippen molar-refractivity contribution in [1.82, 2.24) is 0 Å². The predicted octanol–water partition coefficient (Wildman–Crippen LogP) is 0.884. The molecule has 0 heterocycles. The number of rotatable bonds is 4. The van der Waals surface area contributed by atoms with E-state index in [2.05, 4.69) is 0 Å². The molecule has 1 fully saturated rings. The molecule has 1 aromatic rings. The van der Waals surface area contributed by atoms with E-state index in [1.54, 1.807) is 12.1 Å². The number of hydrogen-bond acceptors (Lipinski definition) is 4. The smallest absolute Gasteiger partial charge is 0.241 e. The standard InChI is InChI=1S/C10H13NO4S/c1-14-8-4-5-9(15-7-2-3-7)10(6-8)16(11,12)13/h4-7H,2-3H2,1H3,(H2,11,12,13). The van der Waals surface area contributed by atoms with E-state index < -0.39 is 10.0 Å².